The number of aliphatic carboxylic acids is 1. The molecule has 0 atom stereocenters. The number of piperidine rings is 1. The Labute approximate surface area is 124 Å². The van der Waals surface area contributed by atoms with Crippen molar-refractivity contribution in [3.8, 4) is 5.75 Å². The lowest BCUT2D eigenvalue weighted by Crippen LogP contribution is -2.46. The van der Waals surface area contributed by atoms with E-state index in [2.05, 4.69) is 0 Å². The minimum absolute atomic E-state index is 0.104. The Balaban J connectivity index is 2.09. The van der Waals surface area contributed by atoms with E-state index in [0.717, 1.165) is 0 Å². The van der Waals surface area contributed by atoms with Gasteiger partial charge >= 0.3 is 5.97 Å². The molecule has 114 valence electrons. The number of hydrogen-bond acceptors (Lipinski definition) is 3. The van der Waals surface area contributed by atoms with Gasteiger partial charge in [-0.15, -0.1) is 0 Å². The van der Waals surface area contributed by atoms with Gasteiger partial charge in [0.2, 0.25) is 0 Å². The molecule has 0 spiro atoms. The molecule has 5 heteroatoms. The first kappa shape index (κ1) is 15.4. The van der Waals surface area contributed by atoms with Crippen molar-refractivity contribution in [1.29, 1.82) is 0 Å². The maximum atomic E-state index is 12.4. The van der Waals surface area contributed by atoms with Gasteiger partial charge in [-0.2, -0.15) is 0 Å². The lowest BCUT2D eigenvalue weighted by molar-refractivity contribution is -0.152. The number of carbonyl (C=O) groups is 2. The number of phenols is 1. The summed E-state index contributed by atoms with van der Waals surface area (Å²) in [7, 11) is 0. The number of carbonyl (C=O) groups excluding carboxylic acids is 1. The number of phenolic OH excluding ortho intramolecular Hbond substituents is 1. The molecule has 1 heterocycles. The van der Waals surface area contributed by atoms with Crippen LogP contribution >= 0.6 is 0 Å². The third-order valence-electron chi connectivity index (χ3n) is 4.58. The zero-order chi connectivity index (χ0) is 15.6. The van der Waals surface area contributed by atoms with Gasteiger partial charge < -0.3 is 15.1 Å². The number of likely N-dealkylation sites (tertiary alicyclic amines) is 1. The van der Waals surface area contributed by atoms with E-state index in [4.69, 9.17) is 0 Å². The number of rotatable bonds is 3. The van der Waals surface area contributed by atoms with Gasteiger partial charge in [0.1, 0.15) is 5.75 Å². The Hall–Kier alpha value is -2.04. The van der Waals surface area contributed by atoms with E-state index in [1.54, 1.807) is 24.0 Å². The van der Waals surface area contributed by atoms with Gasteiger partial charge in [-0.3, -0.25) is 9.59 Å². The largest absolute Gasteiger partial charge is 0.508 e. The molecule has 1 aromatic rings. The van der Waals surface area contributed by atoms with Crippen LogP contribution in [0, 0.1) is 12.3 Å². The van der Waals surface area contributed by atoms with Crippen LogP contribution in [0.2, 0.25) is 0 Å². The van der Waals surface area contributed by atoms with Crippen molar-refractivity contribution < 1.29 is 19.8 Å². The molecular weight excluding hydrogens is 270 g/mol. The van der Waals surface area contributed by atoms with E-state index in [-0.39, 0.29) is 11.7 Å². The second kappa shape index (κ2) is 5.76. The number of carboxylic acid groups (broad SMARTS) is 1. The average molecular weight is 291 g/mol. The molecule has 2 rings (SSSR count). The van der Waals surface area contributed by atoms with Crippen LogP contribution in [0.3, 0.4) is 0 Å². The number of hydrogen-bond donors (Lipinski definition) is 2. The number of nitrogens with zero attached hydrogens (tertiary/aromatic N) is 1. The highest BCUT2D eigenvalue weighted by Gasteiger charge is 2.40. The Morgan fingerprint density at radius 1 is 1.29 bits per heavy atom. The smallest absolute Gasteiger partial charge is 0.309 e. The molecule has 0 saturated carbocycles. The zero-order valence-electron chi connectivity index (χ0n) is 12.4. The highest BCUT2D eigenvalue weighted by Crippen LogP contribution is 2.35. The third kappa shape index (κ3) is 2.86. The van der Waals surface area contributed by atoms with Crippen molar-refractivity contribution in [2.24, 2.45) is 5.41 Å². The fourth-order valence-corrected chi connectivity index (χ4v) is 2.83. The molecule has 1 amide bonds. The van der Waals surface area contributed by atoms with E-state index < -0.39 is 11.4 Å². The Morgan fingerprint density at radius 2 is 1.90 bits per heavy atom. The van der Waals surface area contributed by atoms with Crippen LogP contribution in [0.1, 0.15) is 42.1 Å². The number of amides is 1. The molecule has 1 fully saturated rings. The molecule has 21 heavy (non-hydrogen) atoms. The van der Waals surface area contributed by atoms with Crippen LogP contribution in [0.25, 0.3) is 0 Å². The predicted molar refractivity (Wildman–Crippen MR) is 78.3 cm³/mol. The van der Waals surface area contributed by atoms with Crippen LogP contribution in [-0.4, -0.2) is 40.1 Å². The molecule has 0 unspecified atom stereocenters. The van der Waals surface area contributed by atoms with Gasteiger partial charge in [0, 0.05) is 18.7 Å². The van der Waals surface area contributed by atoms with Gasteiger partial charge in [-0.05, 0) is 49.9 Å². The molecule has 5 nitrogen and oxygen atoms in total. The van der Waals surface area contributed by atoms with Crippen LogP contribution < -0.4 is 0 Å². The van der Waals surface area contributed by atoms with E-state index in [1.165, 1.54) is 6.07 Å². The number of carboxylic acids is 1. The summed E-state index contributed by atoms with van der Waals surface area (Å²) in [6.45, 7) is 4.54. The van der Waals surface area contributed by atoms with Crippen molar-refractivity contribution in [3.63, 3.8) is 0 Å². The first-order valence-electron chi connectivity index (χ1n) is 7.22. The molecule has 0 aliphatic carbocycles. The molecule has 0 aromatic heterocycles. The van der Waals surface area contributed by atoms with Crippen molar-refractivity contribution >= 4 is 11.9 Å². The number of aromatic hydroxyl groups is 1. The molecule has 2 N–H and O–H groups in total. The molecule has 1 aromatic carbocycles. The first-order chi connectivity index (χ1) is 9.89. The maximum absolute atomic E-state index is 12.4. The summed E-state index contributed by atoms with van der Waals surface area (Å²) in [4.78, 5) is 25.5. The normalized spacial score (nSPS) is 17.5. The van der Waals surface area contributed by atoms with Crippen molar-refractivity contribution in [2.45, 2.75) is 33.1 Å². The summed E-state index contributed by atoms with van der Waals surface area (Å²) in [5, 5.41) is 18.9. The predicted octanol–water partition coefficient (Wildman–Crippen LogP) is 2.42. The molecule has 1 aliphatic rings. The molecular formula is C16H21NO4. The van der Waals surface area contributed by atoms with Crippen LogP contribution in [0.15, 0.2) is 18.2 Å². The van der Waals surface area contributed by atoms with Crippen LogP contribution in [0.4, 0.5) is 0 Å². The standard InChI is InChI=1S/C16H21NO4/c1-3-16(15(20)21)6-8-17(9-7-16)14(19)12-4-5-13(18)11(2)10-12/h4-5,10,18H,3,6-9H2,1-2H3,(H,20,21). The average Bonchev–Trinajstić information content (AvgIpc) is 2.49. The van der Waals surface area contributed by atoms with Gasteiger partial charge in [0.05, 0.1) is 5.41 Å². The maximum Gasteiger partial charge on any atom is 0.309 e. The van der Waals surface area contributed by atoms with Crippen molar-refractivity contribution in [1.82, 2.24) is 4.90 Å². The second-order valence-electron chi connectivity index (χ2n) is 5.73. The zero-order valence-corrected chi connectivity index (χ0v) is 12.4. The first-order valence-corrected chi connectivity index (χ1v) is 7.22. The lowest BCUT2D eigenvalue weighted by atomic mass is 9.76. The van der Waals surface area contributed by atoms with Gasteiger partial charge in [-0.25, -0.2) is 0 Å². The minimum atomic E-state index is -0.766. The van der Waals surface area contributed by atoms with Crippen LogP contribution in [-0.2, 0) is 4.79 Å². The van der Waals surface area contributed by atoms with E-state index >= 15 is 0 Å². The fourth-order valence-electron chi connectivity index (χ4n) is 2.83. The lowest BCUT2D eigenvalue weighted by Gasteiger charge is -2.38. The molecule has 1 aliphatic heterocycles. The summed E-state index contributed by atoms with van der Waals surface area (Å²) in [6.07, 6.45) is 1.56. The summed E-state index contributed by atoms with van der Waals surface area (Å²) in [5.41, 5.74) is 0.498. The SMILES string of the molecule is CCC1(C(=O)O)CCN(C(=O)c2ccc(O)c(C)c2)CC1. The number of benzene rings is 1. The van der Waals surface area contributed by atoms with Gasteiger partial charge in [0.15, 0.2) is 0 Å². The summed E-state index contributed by atoms with van der Waals surface area (Å²) >= 11 is 0. The quantitative estimate of drug-likeness (QED) is 0.896. The molecule has 0 bridgehead atoms. The van der Waals surface area contributed by atoms with E-state index in [1.807, 2.05) is 6.92 Å². The van der Waals surface area contributed by atoms with E-state index in [0.29, 0.717) is 43.5 Å². The third-order valence-corrected chi connectivity index (χ3v) is 4.58. The molecule has 1 saturated heterocycles. The summed E-state index contributed by atoms with van der Waals surface area (Å²) in [5.74, 6) is -0.702. The fraction of sp³-hybridized carbons (Fsp3) is 0.500. The van der Waals surface area contributed by atoms with E-state index in [9.17, 15) is 19.8 Å². The van der Waals surface area contributed by atoms with Crippen LogP contribution in [0.5, 0.6) is 5.75 Å². The van der Waals surface area contributed by atoms with Gasteiger partial charge in [0.25, 0.3) is 5.91 Å². The van der Waals surface area contributed by atoms with Crippen molar-refractivity contribution in [3.05, 3.63) is 29.3 Å². The molecule has 0 radical (unpaired) electrons. The Morgan fingerprint density at radius 3 is 2.38 bits per heavy atom. The summed E-state index contributed by atoms with van der Waals surface area (Å²) in [6, 6.07) is 4.78. The Bertz CT molecular complexity index is 559. The highest BCUT2D eigenvalue weighted by atomic mass is 16.4. The van der Waals surface area contributed by atoms with Crippen molar-refractivity contribution in [2.75, 3.05) is 13.1 Å². The summed E-state index contributed by atoms with van der Waals surface area (Å²) < 4.78 is 0. The highest BCUT2D eigenvalue weighted by molar-refractivity contribution is 5.94. The Kier molecular flexibility index (Phi) is 4.21. The number of aryl methyl sites for hydroxylation is 1. The van der Waals surface area contributed by atoms with Gasteiger partial charge in [-0.1, -0.05) is 6.92 Å². The topological polar surface area (TPSA) is 77.8 Å². The minimum Gasteiger partial charge on any atom is -0.508 e. The second-order valence-corrected chi connectivity index (χ2v) is 5.73. The monoisotopic (exact) mass is 291 g/mol.